The molecule has 5 rings (SSSR count). The van der Waals surface area contributed by atoms with Gasteiger partial charge >= 0.3 is 6.03 Å². The van der Waals surface area contributed by atoms with E-state index in [-0.39, 0.29) is 18.2 Å². The van der Waals surface area contributed by atoms with E-state index in [2.05, 4.69) is 36.2 Å². The Hall–Kier alpha value is -3.19. The van der Waals surface area contributed by atoms with Crippen molar-refractivity contribution in [2.24, 2.45) is 0 Å². The Balaban J connectivity index is 1.41. The van der Waals surface area contributed by atoms with Crippen LogP contribution < -0.4 is 10.2 Å². The average Bonchev–Trinajstić information content (AvgIpc) is 2.78. The second-order valence-corrected chi connectivity index (χ2v) is 8.81. The minimum atomic E-state index is -0.0951. The van der Waals surface area contributed by atoms with Crippen molar-refractivity contribution in [1.29, 1.82) is 0 Å². The molecule has 0 bridgehead atoms. The van der Waals surface area contributed by atoms with E-state index in [4.69, 9.17) is 14.7 Å². The van der Waals surface area contributed by atoms with Crippen LogP contribution in [0.15, 0.2) is 42.5 Å². The molecule has 0 aliphatic carbocycles. The van der Waals surface area contributed by atoms with Gasteiger partial charge in [0.2, 0.25) is 0 Å². The van der Waals surface area contributed by atoms with Crippen LogP contribution in [0.25, 0.3) is 10.8 Å². The summed E-state index contributed by atoms with van der Waals surface area (Å²) in [5, 5.41) is 5.27. The van der Waals surface area contributed by atoms with Gasteiger partial charge in [-0.15, -0.1) is 0 Å². The van der Waals surface area contributed by atoms with Crippen LogP contribution in [0.3, 0.4) is 0 Å². The quantitative estimate of drug-likeness (QED) is 0.660. The zero-order valence-electron chi connectivity index (χ0n) is 18.8. The van der Waals surface area contributed by atoms with Crippen molar-refractivity contribution in [2.75, 3.05) is 29.9 Å². The van der Waals surface area contributed by atoms with Gasteiger partial charge in [-0.1, -0.05) is 36.4 Å². The maximum absolute atomic E-state index is 13.2. The number of amides is 2. The number of aromatic nitrogens is 2. The third kappa shape index (κ3) is 4.00. The van der Waals surface area contributed by atoms with E-state index in [1.165, 1.54) is 0 Å². The monoisotopic (exact) mass is 431 g/mol. The van der Waals surface area contributed by atoms with Crippen molar-refractivity contribution in [1.82, 2.24) is 14.9 Å². The Bertz CT molecular complexity index is 1150. The van der Waals surface area contributed by atoms with Crippen molar-refractivity contribution in [3.63, 3.8) is 0 Å². The summed E-state index contributed by atoms with van der Waals surface area (Å²) in [6, 6.07) is 14.0. The van der Waals surface area contributed by atoms with Crippen LogP contribution in [0.4, 0.5) is 16.3 Å². The first kappa shape index (κ1) is 20.7. The normalized spacial score (nSPS) is 20.8. The third-order valence-electron chi connectivity index (χ3n) is 6.19. The standard InChI is InChI=1S/C25H29N5O2/c1-16-13-30(14-17(2)32-16)24-21-15-29(12-11-23(21)26-18(3)27-24)25(31)28-22-10-6-8-19-7-4-5-9-20(19)22/h4-10,16-17H,11-15H2,1-3H3,(H,28,31). The molecule has 1 N–H and O–H groups in total. The summed E-state index contributed by atoms with van der Waals surface area (Å²) in [6.07, 6.45) is 1.00. The number of benzene rings is 2. The van der Waals surface area contributed by atoms with Crippen LogP contribution in [0.1, 0.15) is 30.9 Å². The van der Waals surface area contributed by atoms with Crippen molar-refractivity contribution in [3.8, 4) is 0 Å². The van der Waals surface area contributed by atoms with Gasteiger partial charge in [0, 0.05) is 37.0 Å². The lowest BCUT2D eigenvalue weighted by atomic mass is 10.0. The van der Waals surface area contributed by atoms with Gasteiger partial charge in [-0.05, 0) is 32.2 Å². The van der Waals surface area contributed by atoms with Crippen LogP contribution in [-0.4, -0.2) is 52.7 Å². The number of nitrogens with zero attached hydrogens (tertiary/aromatic N) is 4. The van der Waals surface area contributed by atoms with Crippen molar-refractivity contribution >= 4 is 28.3 Å². The Morgan fingerprint density at radius 2 is 1.81 bits per heavy atom. The zero-order valence-corrected chi connectivity index (χ0v) is 18.8. The molecular formula is C25H29N5O2. The number of aryl methyl sites for hydroxylation is 1. The predicted molar refractivity (Wildman–Crippen MR) is 126 cm³/mol. The fraction of sp³-hybridized carbons (Fsp3) is 0.400. The molecule has 0 spiro atoms. The maximum atomic E-state index is 13.2. The van der Waals surface area contributed by atoms with E-state index >= 15 is 0 Å². The first-order valence-electron chi connectivity index (χ1n) is 11.3. The lowest BCUT2D eigenvalue weighted by molar-refractivity contribution is -0.00557. The highest BCUT2D eigenvalue weighted by molar-refractivity contribution is 6.01. The lowest BCUT2D eigenvalue weighted by Gasteiger charge is -2.38. The molecule has 2 atom stereocenters. The second-order valence-electron chi connectivity index (χ2n) is 8.81. The van der Waals surface area contributed by atoms with E-state index in [1.807, 2.05) is 42.2 Å². The molecule has 2 unspecified atom stereocenters. The van der Waals surface area contributed by atoms with E-state index in [0.29, 0.717) is 13.1 Å². The summed E-state index contributed by atoms with van der Waals surface area (Å²) < 4.78 is 5.91. The summed E-state index contributed by atoms with van der Waals surface area (Å²) in [4.78, 5) is 26.9. The molecule has 3 aromatic rings. The predicted octanol–water partition coefficient (Wildman–Crippen LogP) is 4.14. The van der Waals surface area contributed by atoms with E-state index < -0.39 is 0 Å². The van der Waals surface area contributed by atoms with Gasteiger partial charge in [0.05, 0.1) is 30.1 Å². The molecule has 166 valence electrons. The molecule has 1 fully saturated rings. The van der Waals surface area contributed by atoms with Crippen LogP contribution in [-0.2, 0) is 17.7 Å². The molecule has 7 heteroatoms. The van der Waals surface area contributed by atoms with Crippen molar-refractivity contribution in [3.05, 3.63) is 59.5 Å². The SMILES string of the molecule is Cc1nc2c(c(N3CC(C)OC(C)C3)n1)CN(C(=O)Nc1cccc3ccccc13)CC2. The van der Waals surface area contributed by atoms with Gasteiger partial charge < -0.3 is 19.9 Å². The van der Waals surface area contributed by atoms with Gasteiger partial charge in [0.25, 0.3) is 0 Å². The molecule has 2 aromatic carbocycles. The number of carbonyl (C=O) groups is 1. The average molecular weight is 432 g/mol. The second kappa shape index (κ2) is 8.39. The van der Waals surface area contributed by atoms with Crippen molar-refractivity contribution in [2.45, 2.75) is 45.9 Å². The molecule has 0 radical (unpaired) electrons. The first-order chi connectivity index (χ1) is 15.5. The zero-order chi connectivity index (χ0) is 22.2. The minimum Gasteiger partial charge on any atom is -0.372 e. The van der Waals surface area contributed by atoms with Crippen LogP contribution >= 0.6 is 0 Å². The summed E-state index contributed by atoms with van der Waals surface area (Å²) in [5.74, 6) is 1.72. The van der Waals surface area contributed by atoms with Gasteiger partial charge in [0.15, 0.2) is 0 Å². The summed E-state index contributed by atoms with van der Waals surface area (Å²) in [7, 11) is 0. The highest BCUT2D eigenvalue weighted by atomic mass is 16.5. The Labute approximate surface area is 188 Å². The lowest BCUT2D eigenvalue weighted by Crippen LogP contribution is -2.47. The molecule has 32 heavy (non-hydrogen) atoms. The molecule has 1 saturated heterocycles. The number of anilines is 2. The van der Waals surface area contributed by atoms with Crippen LogP contribution in [0.5, 0.6) is 0 Å². The van der Waals surface area contributed by atoms with Gasteiger partial charge in [-0.2, -0.15) is 0 Å². The number of ether oxygens (including phenoxy) is 1. The van der Waals surface area contributed by atoms with E-state index in [0.717, 1.165) is 58.9 Å². The highest BCUT2D eigenvalue weighted by Crippen LogP contribution is 2.30. The number of fused-ring (bicyclic) bond motifs is 2. The highest BCUT2D eigenvalue weighted by Gasteiger charge is 2.30. The number of urea groups is 1. The molecule has 2 amide bonds. The van der Waals surface area contributed by atoms with Crippen LogP contribution in [0, 0.1) is 6.92 Å². The molecular weight excluding hydrogens is 402 g/mol. The molecule has 2 aliphatic rings. The molecule has 3 heterocycles. The number of rotatable bonds is 2. The van der Waals surface area contributed by atoms with Crippen molar-refractivity contribution < 1.29 is 9.53 Å². The van der Waals surface area contributed by atoms with Gasteiger partial charge in [-0.25, -0.2) is 14.8 Å². The largest absolute Gasteiger partial charge is 0.372 e. The topological polar surface area (TPSA) is 70.6 Å². The van der Waals surface area contributed by atoms with E-state index in [9.17, 15) is 4.79 Å². The van der Waals surface area contributed by atoms with Gasteiger partial charge in [-0.3, -0.25) is 0 Å². The number of morpholine rings is 1. The number of hydrogen-bond acceptors (Lipinski definition) is 5. The first-order valence-corrected chi connectivity index (χ1v) is 11.3. The number of hydrogen-bond donors (Lipinski definition) is 1. The summed E-state index contributed by atoms with van der Waals surface area (Å²) in [6.45, 7) is 8.83. The Kier molecular flexibility index (Phi) is 5.43. The fourth-order valence-corrected chi connectivity index (χ4v) is 4.83. The Morgan fingerprint density at radius 3 is 2.62 bits per heavy atom. The Morgan fingerprint density at radius 1 is 1.06 bits per heavy atom. The van der Waals surface area contributed by atoms with Crippen LogP contribution in [0.2, 0.25) is 0 Å². The fourth-order valence-electron chi connectivity index (χ4n) is 4.83. The maximum Gasteiger partial charge on any atom is 0.322 e. The molecule has 2 aliphatic heterocycles. The van der Waals surface area contributed by atoms with Gasteiger partial charge in [0.1, 0.15) is 11.6 Å². The number of nitrogens with one attached hydrogen (secondary N) is 1. The third-order valence-corrected chi connectivity index (χ3v) is 6.19. The summed E-state index contributed by atoms with van der Waals surface area (Å²) in [5.41, 5.74) is 2.93. The summed E-state index contributed by atoms with van der Waals surface area (Å²) >= 11 is 0. The molecule has 1 aromatic heterocycles. The molecule has 7 nitrogen and oxygen atoms in total. The molecule has 0 saturated carbocycles. The smallest absolute Gasteiger partial charge is 0.322 e. The van der Waals surface area contributed by atoms with E-state index in [1.54, 1.807) is 0 Å². The number of carbonyl (C=O) groups excluding carboxylic acids is 1. The minimum absolute atomic E-state index is 0.0951.